The number of aliphatic carboxylic acids is 1. The third-order valence-corrected chi connectivity index (χ3v) is 4.39. The lowest BCUT2D eigenvalue weighted by atomic mass is 9.84. The Bertz CT molecular complexity index is 725. The molecule has 0 saturated carbocycles. The number of rotatable bonds is 6. The minimum absolute atomic E-state index is 0.0884. The molecule has 4 nitrogen and oxygen atoms in total. The van der Waals surface area contributed by atoms with Crippen molar-refractivity contribution in [2.45, 2.75) is 31.6 Å². The van der Waals surface area contributed by atoms with E-state index in [0.29, 0.717) is 0 Å². The van der Waals surface area contributed by atoms with Gasteiger partial charge in [0.15, 0.2) is 0 Å². The van der Waals surface area contributed by atoms with Crippen molar-refractivity contribution in [1.82, 2.24) is 0 Å². The number of allylic oxidation sites excluding steroid dienone is 4. The summed E-state index contributed by atoms with van der Waals surface area (Å²) < 4.78 is 5.29. The van der Waals surface area contributed by atoms with Gasteiger partial charge < -0.3 is 9.84 Å². The van der Waals surface area contributed by atoms with E-state index in [1.54, 1.807) is 0 Å². The minimum Gasteiger partial charge on any atom is -0.481 e. The Kier molecular flexibility index (Phi) is 4.94. The molecule has 0 amide bonds. The molecule has 1 unspecified atom stereocenters. The van der Waals surface area contributed by atoms with Crippen molar-refractivity contribution in [2.75, 3.05) is 6.61 Å². The molecule has 0 aliphatic heterocycles. The fourth-order valence-corrected chi connectivity index (χ4v) is 3.25. The van der Waals surface area contributed by atoms with Gasteiger partial charge in [-0.3, -0.25) is 9.59 Å². The normalized spacial score (nSPS) is 19.0. The molecule has 24 heavy (non-hydrogen) atoms. The Morgan fingerprint density at radius 3 is 2.71 bits per heavy atom. The van der Waals surface area contributed by atoms with E-state index >= 15 is 0 Å². The van der Waals surface area contributed by atoms with Crippen LogP contribution in [0.5, 0.6) is 0 Å². The molecule has 3 rings (SSSR count). The van der Waals surface area contributed by atoms with E-state index in [4.69, 9.17) is 9.84 Å². The Morgan fingerprint density at radius 2 is 1.96 bits per heavy atom. The van der Waals surface area contributed by atoms with Gasteiger partial charge in [0, 0.05) is 5.92 Å². The summed E-state index contributed by atoms with van der Waals surface area (Å²) in [6, 6.07) is 10.3. The Morgan fingerprint density at radius 1 is 1.17 bits per heavy atom. The number of carboxylic acids is 1. The smallest absolute Gasteiger partial charge is 0.306 e. The first kappa shape index (κ1) is 16.2. The summed E-state index contributed by atoms with van der Waals surface area (Å²) in [7, 11) is 0. The maximum absolute atomic E-state index is 11.7. The lowest BCUT2D eigenvalue weighted by molar-refractivity contribution is -0.147. The third-order valence-electron chi connectivity index (χ3n) is 4.39. The second-order valence-corrected chi connectivity index (χ2v) is 6.01. The van der Waals surface area contributed by atoms with Gasteiger partial charge in [0.25, 0.3) is 0 Å². The van der Waals surface area contributed by atoms with Gasteiger partial charge >= 0.3 is 11.9 Å². The number of benzene rings is 1. The average molecular weight is 324 g/mol. The first-order chi connectivity index (χ1) is 11.6. The molecule has 124 valence electrons. The van der Waals surface area contributed by atoms with Crippen molar-refractivity contribution in [3.63, 3.8) is 0 Å². The van der Waals surface area contributed by atoms with Crippen molar-refractivity contribution < 1.29 is 19.4 Å². The van der Waals surface area contributed by atoms with Crippen LogP contribution in [0.15, 0.2) is 65.3 Å². The van der Waals surface area contributed by atoms with Crippen LogP contribution in [0, 0.1) is 0 Å². The zero-order chi connectivity index (χ0) is 16.9. The van der Waals surface area contributed by atoms with Crippen LogP contribution in [0.2, 0.25) is 0 Å². The van der Waals surface area contributed by atoms with Crippen LogP contribution in [0.3, 0.4) is 0 Å². The first-order valence-corrected chi connectivity index (χ1v) is 8.18. The van der Waals surface area contributed by atoms with Gasteiger partial charge in [-0.25, -0.2) is 0 Å². The molecule has 4 heteroatoms. The summed E-state index contributed by atoms with van der Waals surface area (Å²) in [6.07, 6.45) is 8.16. The van der Waals surface area contributed by atoms with Gasteiger partial charge in [0.05, 0.1) is 12.8 Å². The summed E-state index contributed by atoms with van der Waals surface area (Å²) in [4.78, 5) is 22.2. The van der Waals surface area contributed by atoms with E-state index in [1.807, 2.05) is 18.2 Å². The van der Waals surface area contributed by atoms with Crippen LogP contribution in [-0.2, 0) is 14.3 Å². The number of carbonyl (C=O) groups excluding carboxylic acids is 1. The van der Waals surface area contributed by atoms with Gasteiger partial charge in [0.2, 0.25) is 0 Å². The molecule has 0 heterocycles. The van der Waals surface area contributed by atoms with Gasteiger partial charge in [-0.2, -0.15) is 0 Å². The molecule has 0 bridgehead atoms. The highest BCUT2D eigenvalue weighted by atomic mass is 16.5. The van der Waals surface area contributed by atoms with Crippen LogP contribution < -0.4 is 0 Å². The van der Waals surface area contributed by atoms with Crippen molar-refractivity contribution in [1.29, 1.82) is 0 Å². The fraction of sp³-hybridized carbons (Fsp3) is 0.300. The predicted octanol–water partition coefficient (Wildman–Crippen LogP) is 3.76. The third kappa shape index (κ3) is 3.65. The van der Waals surface area contributed by atoms with E-state index in [0.717, 1.165) is 18.4 Å². The van der Waals surface area contributed by atoms with E-state index in [9.17, 15) is 9.59 Å². The quantitative estimate of drug-likeness (QED) is 0.809. The second kappa shape index (κ2) is 7.30. The molecule has 0 fully saturated rings. The number of hydrogen-bond acceptors (Lipinski definition) is 3. The molecule has 1 atom stereocenters. The topological polar surface area (TPSA) is 63.6 Å². The number of carbonyl (C=O) groups is 2. The Labute approximate surface area is 141 Å². The van der Waals surface area contributed by atoms with Crippen LogP contribution >= 0.6 is 0 Å². The summed E-state index contributed by atoms with van der Waals surface area (Å²) in [5.41, 5.74) is 4.81. The number of esters is 1. The summed E-state index contributed by atoms with van der Waals surface area (Å²) in [5.74, 6) is -1.25. The van der Waals surface area contributed by atoms with Crippen molar-refractivity contribution in [3.8, 4) is 0 Å². The van der Waals surface area contributed by atoms with E-state index in [1.165, 1.54) is 16.7 Å². The maximum atomic E-state index is 11.7. The highest BCUT2D eigenvalue weighted by Crippen LogP contribution is 2.42. The lowest BCUT2D eigenvalue weighted by Crippen LogP contribution is -2.14. The van der Waals surface area contributed by atoms with Crippen molar-refractivity contribution in [3.05, 3.63) is 70.8 Å². The first-order valence-electron chi connectivity index (χ1n) is 8.18. The molecule has 0 radical (unpaired) electrons. The van der Waals surface area contributed by atoms with Crippen molar-refractivity contribution >= 4 is 11.9 Å². The fourth-order valence-electron chi connectivity index (χ4n) is 3.25. The molecule has 2 aliphatic carbocycles. The summed E-state index contributed by atoms with van der Waals surface area (Å²) in [5, 5.41) is 8.63. The standard InChI is InChI=1S/C20H20O4/c21-18(22)11-12-19(23)24-13-16-8-4-7-15-9-10-17(20(15)16)14-5-2-1-3-6-14/h1-3,5-6,8-10,17H,4,7,11-13H2,(H,21,22). The molecule has 0 aromatic heterocycles. The van der Waals surface area contributed by atoms with Crippen LogP contribution in [-0.4, -0.2) is 23.7 Å². The largest absolute Gasteiger partial charge is 0.481 e. The maximum Gasteiger partial charge on any atom is 0.306 e. The zero-order valence-electron chi connectivity index (χ0n) is 13.4. The summed E-state index contributed by atoms with van der Waals surface area (Å²) >= 11 is 0. The lowest BCUT2D eigenvalue weighted by Gasteiger charge is -2.22. The number of carboxylic acid groups (broad SMARTS) is 1. The number of ether oxygens (including phenoxy) is 1. The molecule has 1 N–H and O–H groups in total. The molecule has 2 aliphatic rings. The second-order valence-electron chi connectivity index (χ2n) is 6.01. The van der Waals surface area contributed by atoms with E-state index in [-0.39, 0.29) is 25.4 Å². The highest BCUT2D eigenvalue weighted by molar-refractivity contribution is 5.76. The van der Waals surface area contributed by atoms with Crippen LogP contribution in [0.1, 0.15) is 37.2 Å². The van der Waals surface area contributed by atoms with Crippen LogP contribution in [0.25, 0.3) is 0 Å². The average Bonchev–Trinajstić information content (AvgIpc) is 3.03. The predicted molar refractivity (Wildman–Crippen MR) is 90.5 cm³/mol. The van der Waals surface area contributed by atoms with E-state index in [2.05, 4.69) is 30.4 Å². The van der Waals surface area contributed by atoms with Crippen molar-refractivity contribution in [2.24, 2.45) is 0 Å². The molecule has 0 spiro atoms. The monoisotopic (exact) mass is 324 g/mol. The Balaban J connectivity index is 1.69. The Hall–Kier alpha value is -2.62. The summed E-state index contributed by atoms with van der Waals surface area (Å²) in [6.45, 7) is 0.211. The van der Waals surface area contributed by atoms with Crippen LogP contribution in [0.4, 0.5) is 0 Å². The molecule has 1 aromatic rings. The molecular weight excluding hydrogens is 304 g/mol. The van der Waals surface area contributed by atoms with Gasteiger partial charge in [-0.05, 0) is 35.1 Å². The van der Waals surface area contributed by atoms with E-state index < -0.39 is 11.9 Å². The molecule has 1 aromatic carbocycles. The van der Waals surface area contributed by atoms with Gasteiger partial charge in [0.1, 0.15) is 6.61 Å². The van der Waals surface area contributed by atoms with Gasteiger partial charge in [-0.1, -0.05) is 48.6 Å². The number of hydrogen-bond donors (Lipinski definition) is 1. The molecule has 0 saturated heterocycles. The van der Waals surface area contributed by atoms with Gasteiger partial charge in [-0.15, -0.1) is 0 Å². The zero-order valence-corrected chi connectivity index (χ0v) is 13.4. The minimum atomic E-state index is -0.988. The highest BCUT2D eigenvalue weighted by Gasteiger charge is 2.27. The molecular formula is C20H20O4. The SMILES string of the molecule is O=C(O)CCC(=O)OCC1=CCCC2=C1C(c1ccccc1)C=C2.